The summed E-state index contributed by atoms with van der Waals surface area (Å²) in [6.07, 6.45) is 5.05. The second-order valence-corrected chi connectivity index (χ2v) is 8.05. The highest BCUT2D eigenvalue weighted by atomic mass is 32.1. The molecule has 0 spiro atoms. The molecule has 1 aromatic carbocycles. The molecule has 1 saturated heterocycles. The first-order chi connectivity index (χ1) is 13.1. The molecule has 3 rings (SSSR count). The van der Waals surface area contributed by atoms with Crippen LogP contribution in [-0.4, -0.2) is 42.1 Å². The lowest BCUT2D eigenvalue weighted by molar-refractivity contribution is -0.129. The van der Waals surface area contributed by atoms with Gasteiger partial charge in [-0.25, -0.2) is 4.98 Å². The predicted molar refractivity (Wildman–Crippen MR) is 107 cm³/mol. The van der Waals surface area contributed by atoms with Gasteiger partial charge < -0.3 is 14.4 Å². The Morgan fingerprint density at radius 1 is 1.33 bits per heavy atom. The van der Waals surface area contributed by atoms with Gasteiger partial charge in [-0.1, -0.05) is 17.7 Å². The number of thiazole rings is 1. The number of likely N-dealkylation sites (N-methyl/N-ethyl adjacent to an activating group) is 1. The van der Waals surface area contributed by atoms with Crippen molar-refractivity contribution in [1.82, 2.24) is 9.88 Å². The number of ether oxygens (including phenoxy) is 2. The molecule has 1 unspecified atom stereocenters. The van der Waals surface area contributed by atoms with Gasteiger partial charge in [0.25, 0.3) is 0 Å². The van der Waals surface area contributed by atoms with E-state index >= 15 is 0 Å². The Balaban J connectivity index is 1.42. The lowest BCUT2D eigenvalue weighted by atomic mass is 10.1. The van der Waals surface area contributed by atoms with Crippen LogP contribution in [0.15, 0.2) is 29.6 Å². The van der Waals surface area contributed by atoms with E-state index in [1.165, 1.54) is 23.3 Å². The molecule has 0 bridgehead atoms. The van der Waals surface area contributed by atoms with Gasteiger partial charge in [0.15, 0.2) is 0 Å². The molecule has 0 N–H and O–H groups in total. The quantitative estimate of drug-likeness (QED) is 0.686. The van der Waals surface area contributed by atoms with Crippen molar-refractivity contribution in [3.05, 3.63) is 45.9 Å². The number of aromatic nitrogens is 1. The van der Waals surface area contributed by atoms with E-state index in [1.807, 2.05) is 43.6 Å². The average molecular weight is 389 g/mol. The zero-order valence-corrected chi connectivity index (χ0v) is 17.0. The summed E-state index contributed by atoms with van der Waals surface area (Å²) in [5.41, 5.74) is 2.02. The van der Waals surface area contributed by atoms with E-state index < -0.39 is 0 Å². The lowest BCUT2D eigenvalue weighted by Crippen LogP contribution is -2.32. The molecule has 27 heavy (non-hydrogen) atoms. The van der Waals surface area contributed by atoms with Gasteiger partial charge in [-0.3, -0.25) is 4.79 Å². The van der Waals surface area contributed by atoms with E-state index in [0.29, 0.717) is 19.1 Å². The van der Waals surface area contributed by atoms with Crippen molar-refractivity contribution >= 4 is 17.2 Å². The van der Waals surface area contributed by atoms with Crippen molar-refractivity contribution in [3.63, 3.8) is 0 Å². The Hall–Kier alpha value is -1.92. The zero-order chi connectivity index (χ0) is 19.1. The maximum Gasteiger partial charge on any atom is 0.228 e. The SMILES string of the molecule is Cc1ccc(OCc2nc(CC(=O)N(C)CCC3CCCCO3)cs2)cc1. The molecule has 0 radical (unpaired) electrons. The Morgan fingerprint density at radius 3 is 2.89 bits per heavy atom. The third-order valence-electron chi connectivity index (χ3n) is 4.80. The maximum absolute atomic E-state index is 12.4. The van der Waals surface area contributed by atoms with Gasteiger partial charge in [0, 0.05) is 25.6 Å². The Kier molecular flexibility index (Phi) is 7.24. The molecular formula is C21H28N2O3S. The van der Waals surface area contributed by atoms with Crippen LogP contribution in [0, 0.1) is 6.92 Å². The molecule has 2 heterocycles. The Morgan fingerprint density at radius 2 is 2.15 bits per heavy atom. The van der Waals surface area contributed by atoms with Gasteiger partial charge in [-0.2, -0.15) is 0 Å². The van der Waals surface area contributed by atoms with Gasteiger partial charge in [0.1, 0.15) is 17.4 Å². The summed E-state index contributed by atoms with van der Waals surface area (Å²) >= 11 is 1.53. The summed E-state index contributed by atoms with van der Waals surface area (Å²) in [6.45, 7) is 4.06. The van der Waals surface area contributed by atoms with Crippen LogP contribution < -0.4 is 4.74 Å². The van der Waals surface area contributed by atoms with Crippen molar-refractivity contribution in [3.8, 4) is 5.75 Å². The number of aryl methyl sites for hydroxylation is 1. The molecule has 6 heteroatoms. The van der Waals surface area contributed by atoms with Gasteiger partial charge in [-0.15, -0.1) is 11.3 Å². The first kappa shape index (κ1) is 19.8. The van der Waals surface area contributed by atoms with E-state index in [2.05, 4.69) is 4.98 Å². The van der Waals surface area contributed by atoms with Crippen molar-refractivity contribution in [1.29, 1.82) is 0 Å². The van der Waals surface area contributed by atoms with Gasteiger partial charge in [0.2, 0.25) is 5.91 Å². The third kappa shape index (κ3) is 6.33. The fourth-order valence-corrected chi connectivity index (χ4v) is 3.77. The molecule has 1 aliphatic rings. The Labute approximate surface area is 165 Å². The molecule has 1 fully saturated rings. The van der Waals surface area contributed by atoms with Crippen LogP contribution in [0.1, 0.15) is 41.9 Å². The summed E-state index contributed by atoms with van der Waals surface area (Å²) in [6, 6.07) is 7.96. The molecule has 1 amide bonds. The first-order valence-corrected chi connectivity index (χ1v) is 10.5. The van der Waals surface area contributed by atoms with E-state index in [1.54, 1.807) is 4.90 Å². The summed E-state index contributed by atoms with van der Waals surface area (Å²) in [4.78, 5) is 18.8. The summed E-state index contributed by atoms with van der Waals surface area (Å²) in [7, 11) is 1.86. The van der Waals surface area contributed by atoms with E-state index in [4.69, 9.17) is 9.47 Å². The number of hydrogen-bond donors (Lipinski definition) is 0. The molecule has 1 atom stereocenters. The highest BCUT2D eigenvalue weighted by molar-refractivity contribution is 7.09. The molecule has 5 nitrogen and oxygen atoms in total. The van der Waals surface area contributed by atoms with Crippen LogP contribution in [-0.2, 0) is 22.6 Å². The number of amides is 1. The smallest absolute Gasteiger partial charge is 0.228 e. The summed E-state index contributed by atoms with van der Waals surface area (Å²) in [5, 5.41) is 2.83. The van der Waals surface area contributed by atoms with Crippen LogP contribution >= 0.6 is 11.3 Å². The van der Waals surface area contributed by atoms with Crippen molar-refractivity contribution < 1.29 is 14.3 Å². The lowest BCUT2D eigenvalue weighted by Gasteiger charge is -2.25. The van der Waals surface area contributed by atoms with Crippen LogP contribution in [0.25, 0.3) is 0 Å². The van der Waals surface area contributed by atoms with Gasteiger partial charge in [-0.05, 0) is 44.7 Å². The fraction of sp³-hybridized carbons (Fsp3) is 0.524. The number of carbonyl (C=O) groups excluding carboxylic acids is 1. The zero-order valence-electron chi connectivity index (χ0n) is 16.1. The summed E-state index contributed by atoms with van der Waals surface area (Å²) < 4.78 is 11.5. The number of rotatable bonds is 8. The monoisotopic (exact) mass is 388 g/mol. The van der Waals surface area contributed by atoms with E-state index in [9.17, 15) is 4.79 Å². The second-order valence-electron chi connectivity index (χ2n) is 7.10. The minimum Gasteiger partial charge on any atom is -0.486 e. The minimum absolute atomic E-state index is 0.0992. The molecule has 1 aliphatic heterocycles. The normalized spacial score (nSPS) is 16.9. The van der Waals surface area contributed by atoms with Crippen molar-refractivity contribution in [2.24, 2.45) is 0 Å². The minimum atomic E-state index is 0.0992. The Bertz CT molecular complexity index is 723. The van der Waals surface area contributed by atoms with Crippen LogP contribution in [0.4, 0.5) is 0 Å². The molecule has 146 valence electrons. The maximum atomic E-state index is 12.4. The number of nitrogens with zero attached hydrogens (tertiary/aromatic N) is 2. The molecule has 1 aromatic heterocycles. The van der Waals surface area contributed by atoms with E-state index in [-0.39, 0.29) is 5.91 Å². The van der Waals surface area contributed by atoms with Crippen molar-refractivity contribution in [2.45, 2.75) is 51.7 Å². The highest BCUT2D eigenvalue weighted by Crippen LogP contribution is 2.18. The third-order valence-corrected chi connectivity index (χ3v) is 5.67. The number of hydrogen-bond acceptors (Lipinski definition) is 5. The van der Waals surface area contributed by atoms with Crippen LogP contribution in [0.5, 0.6) is 5.75 Å². The number of carbonyl (C=O) groups is 1. The second kappa shape index (κ2) is 9.85. The highest BCUT2D eigenvalue weighted by Gasteiger charge is 2.17. The molecular weight excluding hydrogens is 360 g/mol. The average Bonchev–Trinajstić information content (AvgIpc) is 3.13. The number of benzene rings is 1. The molecule has 2 aromatic rings. The van der Waals surface area contributed by atoms with Gasteiger partial charge >= 0.3 is 0 Å². The topological polar surface area (TPSA) is 51.7 Å². The largest absolute Gasteiger partial charge is 0.486 e. The first-order valence-electron chi connectivity index (χ1n) is 9.58. The van der Waals surface area contributed by atoms with Crippen molar-refractivity contribution in [2.75, 3.05) is 20.2 Å². The van der Waals surface area contributed by atoms with Crippen LogP contribution in [0.3, 0.4) is 0 Å². The van der Waals surface area contributed by atoms with Crippen LogP contribution in [0.2, 0.25) is 0 Å². The summed E-state index contributed by atoms with van der Waals surface area (Å²) in [5.74, 6) is 0.931. The molecule has 0 saturated carbocycles. The fourth-order valence-electron chi connectivity index (χ4n) is 3.06. The standard InChI is InChI=1S/C21H28N2O3S/c1-16-6-8-19(9-7-16)26-14-20-22-17(15-27-20)13-21(24)23(2)11-10-18-5-3-4-12-25-18/h6-9,15,18H,3-5,10-14H2,1-2H3. The predicted octanol–water partition coefficient (Wildman–Crippen LogP) is 3.99. The molecule has 0 aliphatic carbocycles. The van der Waals surface area contributed by atoms with E-state index in [0.717, 1.165) is 48.9 Å². The van der Waals surface area contributed by atoms with Gasteiger partial charge in [0.05, 0.1) is 18.2 Å².